The van der Waals surface area contributed by atoms with Gasteiger partial charge in [-0.05, 0) is 48.7 Å². The van der Waals surface area contributed by atoms with Crippen molar-refractivity contribution < 1.29 is 4.79 Å². The van der Waals surface area contributed by atoms with Crippen LogP contribution in [0.15, 0.2) is 35.1 Å². The third-order valence-electron chi connectivity index (χ3n) is 5.16. The lowest BCUT2D eigenvalue weighted by Crippen LogP contribution is -2.42. The second kappa shape index (κ2) is 8.04. The Balaban J connectivity index is 1.68. The molecule has 0 radical (unpaired) electrons. The Labute approximate surface area is 155 Å². The third-order valence-corrected chi connectivity index (χ3v) is 5.16. The lowest BCUT2D eigenvalue weighted by molar-refractivity contribution is 0.0920. The number of hydrogen-bond acceptors (Lipinski definition) is 3. The van der Waals surface area contributed by atoms with Crippen molar-refractivity contribution in [2.24, 2.45) is 18.9 Å². The number of piperidine rings is 1. The molecule has 0 bridgehead atoms. The summed E-state index contributed by atoms with van der Waals surface area (Å²) in [5.41, 5.74) is 0.289. The van der Waals surface area contributed by atoms with E-state index < -0.39 is 0 Å². The van der Waals surface area contributed by atoms with Gasteiger partial charge in [-0.2, -0.15) is 0 Å². The van der Waals surface area contributed by atoms with Crippen LogP contribution in [0.4, 0.5) is 0 Å². The van der Waals surface area contributed by atoms with Crippen LogP contribution in [0.3, 0.4) is 0 Å². The van der Waals surface area contributed by atoms with Gasteiger partial charge >= 0.3 is 0 Å². The van der Waals surface area contributed by atoms with Crippen LogP contribution in [-0.4, -0.2) is 41.6 Å². The number of aromatic nitrogens is 1. The Morgan fingerprint density at radius 3 is 2.85 bits per heavy atom. The van der Waals surface area contributed by atoms with E-state index in [2.05, 4.69) is 24.1 Å². The smallest absolute Gasteiger partial charge is 0.268 e. The van der Waals surface area contributed by atoms with Gasteiger partial charge in [-0.15, -0.1) is 0 Å². The van der Waals surface area contributed by atoms with Gasteiger partial charge in [0.2, 0.25) is 0 Å². The van der Waals surface area contributed by atoms with Crippen LogP contribution in [0.1, 0.15) is 37.2 Å². The number of pyridine rings is 1. The summed E-state index contributed by atoms with van der Waals surface area (Å²) in [6, 6.07) is 9.20. The Morgan fingerprint density at radius 2 is 2.08 bits per heavy atom. The van der Waals surface area contributed by atoms with Crippen LogP contribution in [0.25, 0.3) is 10.8 Å². The van der Waals surface area contributed by atoms with Gasteiger partial charge < -0.3 is 14.8 Å². The first-order valence-corrected chi connectivity index (χ1v) is 9.55. The summed E-state index contributed by atoms with van der Waals surface area (Å²) in [5.74, 6) is 0.968. The fourth-order valence-electron chi connectivity index (χ4n) is 3.90. The number of carbonyl (C=O) groups excluding carboxylic acids is 1. The number of likely N-dealkylation sites (tertiary alicyclic amines) is 1. The van der Waals surface area contributed by atoms with Gasteiger partial charge in [0.25, 0.3) is 11.5 Å². The molecule has 1 N–H and O–H groups in total. The number of fused-ring (bicyclic) bond motifs is 1. The maximum absolute atomic E-state index is 12.7. The molecule has 0 aliphatic carbocycles. The first-order valence-electron chi connectivity index (χ1n) is 9.55. The molecule has 1 aliphatic heterocycles. The van der Waals surface area contributed by atoms with Gasteiger partial charge in [0, 0.05) is 32.1 Å². The second-order valence-corrected chi connectivity index (χ2v) is 7.85. The molecule has 5 nitrogen and oxygen atoms in total. The minimum Gasteiger partial charge on any atom is -0.350 e. The molecule has 2 heterocycles. The van der Waals surface area contributed by atoms with Crippen molar-refractivity contribution in [1.29, 1.82) is 0 Å². The highest BCUT2D eigenvalue weighted by Gasteiger charge is 2.21. The highest BCUT2D eigenvalue weighted by molar-refractivity contribution is 5.96. The van der Waals surface area contributed by atoms with Gasteiger partial charge in [0.15, 0.2) is 0 Å². The van der Waals surface area contributed by atoms with Gasteiger partial charge in [-0.1, -0.05) is 32.0 Å². The van der Waals surface area contributed by atoms with Crippen LogP contribution in [0, 0.1) is 11.8 Å². The predicted octanol–water partition coefficient (Wildman–Crippen LogP) is 2.64. The van der Waals surface area contributed by atoms with Crippen molar-refractivity contribution >= 4 is 16.7 Å². The Bertz CT molecular complexity index is 841. The standard InChI is InChI=1S/C21H29N3O2/c1-15(2)13-24-10-6-7-16(14-24)12-22-20(25)19-11-17-8-4-5-9-18(17)21(26)23(19)3/h4-5,8-9,11,15-16H,6-7,10,12-14H2,1-3H3,(H,22,25). The average Bonchev–Trinajstić information content (AvgIpc) is 2.62. The minimum absolute atomic E-state index is 0.131. The molecule has 1 atom stereocenters. The Morgan fingerprint density at radius 1 is 1.31 bits per heavy atom. The van der Waals surface area contributed by atoms with Crippen molar-refractivity contribution in [1.82, 2.24) is 14.8 Å². The number of carbonyl (C=O) groups is 1. The second-order valence-electron chi connectivity index (χ2n) is 7.85. The molecule has 0 spiro atoms. The van der Waals surface area contributed by atoms with E-state index in [4.69, 9.17) is 0 Å². The van der Waals surface area contributed by atoms with E-state index in [0.29, 0.717) is 29.5 Å². The number of amides is 1. The van der Waals surface area contributed by atoms with Crippen LogP contribution in [0.5, 0.6) is 0 Å². The van der Waals surface area contributed by atoms with Gasteiger partial charge in [-0.25, -0.2) is 0 Å². The molecule has 1 fully saturated rings. The molecule has 3 rings (SSSR count). The fourth-order valence-corrected chi connectivity index (χ4v) is 3.90. The summed E-state index contributed by atoms with van der Waals surface area (Å²) in [7, 11) is 1.66. The lowest BCUT2D eigenvalue weighted by atomic mass is 9.97. The first kappa shape index (κ1) is 18.6. The average molecular weight is 355 g/mol. The molecule has 1 aromatic heterocycles. The Kier molecular flexibility index (Phi) is 5.77. The van der Waals surface area contributed by atoms with Crippen LogP contribution >= 0.6 is 0 Å². The largest absolute Gasteiger partial charge is 0.350 e. The first-order chi connectivity index (χ1) is 12.5. The topological polar surface area (TPSA) is 54.3 Å². The summed E-state index contributed by atoms with van der Waals surface area (Å²) in [6.07, 6.45) is 2.33. The molecule has 1 aliphatic rings. The van der Waals surface area contributed by atoms with Crippen LogP contribution < -0.4 is 10.9 Å². The summed E-state index contributed by atoms with van der Waals surface area (Å²) < 4.78 is 1.45. The number of benzene rings is 1. The summed E-state index contributed by atoms with van der Waals surface area (Å²) in [4.78, 5) is 27.7. The number of hydrogen-bond donors (Lipinski definition) is 1. The normalized spacial score (nSPS) is 18.4. The molecule has 1 aromatic carbocycles. The SMILES string of the molecule is CC(C)CN1CCCC(CNC(=O)c2cc3ccccc3c(=O)n2C)C1. The molecule has 1 unspecified atom stereocenters. The van der Waals surface area contributed by atoms with Gasteiger partial charge in [-0.3, -0.25) is 9.59 Å². The van der Waals surface area contributed by atoms with Crippen molar-refractivity contribution in [3.05, 3.63) is 46.4 Å². The molecular weight excluding hydrogens is 326 g/mol. The summed E-state index contributed by atoms with van der Waals surface area (Å²) >= 11 is 0. The lowest BCUT2D eigenvalue weighted by Gasteiger charge is -2.33. The van der Waals surface area contributed by atoms with Crippen molar-refractivity contribution in [3.63, 3.8) is 0 Å². The molecule has 5 heteroatoms. The number of rotatable bonds is 5. The quantitative estimate of drug-likeness (QED) is 0.897. The molecule has 2 aromatic rings. The van der Waals surface area contributed by atoms with E-state index in [1.807, 2.05) is 18.2 Å². The van der Waals surface area contributed by atoms with E-state index in [1.54, 1.807) is 19.2 Å². The van der Waals surface area contributed by atoms with Crippen molar-refractivity contribution in [2.75, 3.05) is 26.2 Å². The maximum Gasteiger partial charge on any atom is 0.268 e. The summed E-state index contributed by atoms with van der Waals surface area (Å²) in [5, 5.41) is 4.50. The zero-order chi connectivity index (χ0) is 18.7. The maximum atomic E-state index is 12.7. The van der Waals surface area contributed by atoms with Crippen LogP contribution in [0.2, 0.25) is 0 Å². The summed E-state index contributed by atoms with van der Waals surface area (Å²) in [6.45, 7) is 8.45. The van der Waals surface area contributed by atoms with E-state index in [-0.39, 0.29) is 11.5 Å². The molecule has 0 saturated carbocycles. The van der Waals surface area contributed by atoms with Gasteiger partial charge in [0.05, 0.1) is 0 Å². The highest BCUT2D eigenvalue weighted by Crippen LogP contribution is 2.17. The number of nitrogens with zero attached hydrogens (tertiary/aromatic N) is 2. The van der Waals surface area contributed by atoms with E-state index >= 15 is 0 Å². The predicted molar refractivity (Wildman–Crippen MR) is 106 cm³/mol. The fraction of sp³-hybridized carbons (Fsp3) is 0.524. The molecular formula is C21H29N3O2. The van der Waals surface area contributed by atoms with E-state index in [1.165, 1.54) is 11.0 Å². The third kappa shape index (κ3) is 4.15. The van der Waals surface area contributed by atoms with E-state index in [9.17, 15) is 9.59 Å². The molecule has 26 heavy (non-hydrogen) atoms. The van der Waals surface area contributed by atoms with Crippen molar-refractivity contribution in [3.8, 4) is 0 Å². The monoisotopic (exact) mass is 355 g/mol. The molecule has 1 amide bonds. The zero-order valence-corrected chi connectivity index (χ0v) is 16.0. The van der Waals surface area contributed by atoms with Gasteiger partial charge in [0.1, 0.15) is 5.69 Å². The zero-order valence-electron chi connectivity index (χ0n) is 16.0. The number of nitrogens with one attached hydrogen (secondary N) is 1. The molecule has 1 saturated heterocycles. The minimum atomic E-state index is -0.170. The van der Waals surface area contributed by atoms with E-state index in [0.717, 1.165) is 31.4 Å². The molecule has 140 valence electrons. The van der Waals surface area contributed by atoms with Crippen molar-refractivity contribution in [2.45, 2.75) is 26.7 Å². The Hall–Kier alpha value is -2.14. The highest BCUT2D eigenvalue weighted by atomic mass is 16.2. The van der Waals surface area contributed by atoms with Crippen LogP contribution in [-0.2, 0) is 7.05 Å².